The Morgan fingerprint density at radius 2 is 1.44 bits per heavy atom. The summed E-state index contributed by atoms with van der Waals surface area (Å²) in [6.07, 6.45) is 0. The van der Waals surface area contributed by atoms with Crippen LogP contribution in [0.25, 0.3) is 0 Å². The van der Waals surface area contributed by atoms with Gasteiger partial charge in [-0.2, -0.15) is 0 Å². The van der Waals surface area contributed by atoms with Crippen LogP contribution in [0.2, 0.25) is 0 Å². The van der Waals surface area contributed by atoms with Crippen LogP contribution >= 0.6 is 11.8 Å². The molecule has 0 aliphatic heterocycles. The van der Waals surface area contributed by atoms with Gasteiger partial charge in [0.2, 0.25) is 5.91 Å². The molecule has 0 aromatic heterocycles. The van der Waals surface area contributed by atoms with Crippen molar-refractivity contribution in [2.75, 3.05) is 10.2 Å². The fourth-order valence-corrected chi connectivity index (χ4v) is 4.57. The van der Waals surface area contributed by atoms with Gasteiger partial charge in [0.05, 0.1) is 10.2 Å². The second-order valence-electron chi connectivity index (χ2n) is 7.89. The summed E-state index contributed by atoms with van der Waals surface area (Å²) in [4.78, 5) is 39.2. The molecule has 1 unspecified atom stereocenters. The molecule has 0 bridgehead atoms. The summed E-state index contributed by atoms with van der Waals surface area (Å²) in [5.41, 5.74) is 2.12. The Morgan fingerprint density at radius 1 is 0.833 bits per heavy atom. The zero-order chi connectivity index (χ0) is 25.5. The molecule has 1 N–H and O–H groups in total. The normalized spacial score (nSPS) is 11.4. The van der Waals surface area contributed by atoms with E-state index in [1.54, 1.807) is 23.1 Å². The molecule has 2 amide bonds. The third-order valence-corrected chi connectivity index (χ3v) is 6.40. The number of thioether (sulfide) groups is 1. The quantitative estimate of drug-likeness (QED) is 0.166. The largest absolute Gasteiger partial charge is 0.322 e. The number of para-hydroxylation sites is 2. The average Bonchev–Trinajstić information content (AvgIpc) is 2.90. The minimum Gasteiger partial charge on any atom is -0.322 e. The molecule has 4 rings (SSSR count). The molecule has 4 aromatic carbocycles. The maximum absolute atomic E-state index is 13.6. The summed E-state index contributed by atoms with van der Waals surface area (Å²) >= 11 is 1.38. The second kappa shape index (κ2) is 11.3. The Bertz CT molecular complexity index is 1340. The number of nitro groups is 1. The van der Waals surface area contributed by atoms with Crippen LogP contribution in [0.4, 0.5) is 22.7 Å². The summed E-state index contributed by atoms with van der Waals surface area (Å²) in [5, 5.41) is 13.4. The molecule has 36 heavy (non-hydrogen) atoms. The fraction of sp³-hybridized carbons (Fsp3) is 0.0714. The molecule has 0 fully saturated rings. The van der Waals surface area contributed by atoms with Crippen LogP contribution in [0.5, 0.6) is 0 Å². The summed E-state index contributed by atoms with van der Waals surface area (Å²) in [7, 11) is 0. The van der Waals surface area contributed by atoms with Gasteiger partial charge in [-0.3, -0.25) is 24.6 Å². The number of benzene rings is 4. The maximum atomic E-state index is 13.6. The number of anilines is 3. The molecule has 7 nitrogen and oxygen atoms in total. The summed E-state index contributed by atoms with van der Waals surface area (Å²) in [6.45, 7) is 1.85. The summed E-state index contributed by atoms with van der Waals surface area (Å²) in [6, 6.07) is 31.7. The van der Waals surface area contributed by atoms with Crippen molar-refractivity contribution in [2.45, 2.75) is 17.1 Å². The highest BCUT2D eigenvalue weighted by molar-refractivity contribution is 8.00. The third kappa shape index (κ3) is 5.97. The van der Waals surface area contributed by atoms with Gasteiger partial charge in [-0.1, -0.05) is 48.5 Å². The molecule has 0 aliphatic carbocycles. The van der Waals surface area contributed by atoms with Crippen LogP contribution in [0.15, 0.2) is 114 Å². The van der Waals surface area contributed by atoms with Crippen molar-refractivity contribution in [3.8, 4) is 0 Å². The Hall–Kier alpha value is -4.43. The van der Waals surface area contributed by atoms with Crippen molar-refractivity contribution in [3.63, 3.8) is 0 Å². The molecule has 180 valence electrons. The first kappa shape index (κ1) is 24.7. The molecule has 0 radical (unpaired) electrons. The number of nitro benzene ring substituents is 1. The Morgan fingerprint density at radius 3 is 2.06 bits per heavy atom. The molecular formula is C28H23N3O4S. The molecule has 1 atom stereocenters. The third-order valence-electron chi connectivity index (χ3n) is 5.32. The van der Waals surface area contributed by atoms with E-state index in [1.807, 2.05) is 73.7 Å². The topological polar surface area (TPSA) is 92.5 Å². The summed E-state index contributed by atoms with van der Waals surface area (Å²) < 4.78 is 0. The van der Waals surface area contributed by atoms with Gasteiger partial charge in [-0.25, -0.2) is 0 Å². The fourth-order valence-electron chi connectivity index (χ4n) is 3.61. The molecule has 0 aliphatic rings. The number of rotatable bonds is 8. The lowest BCUT2D eigenvalue weighted by Gasteiger charge is -2.26. The van der Waals surface area contributed by atoms with Gasteiger partial charge in [0.25, 0.3) is 11.6 Å². The lowest BCUT2D eigenvalue weighted by molar-refractivity contribution is -0.384. The molecule has 0 spiro atoms. The number of carbonyl (C=O) groups is 2. The van der Waals surface area contributed by atoms with Gasteiger partial charge in [0.15, 0.2) is 0 Å². The standard InChI is InChI=1S/C28H23N3O4S/c1-20(28(33)30(23-12-4-2-5-13-23)24-14-6-3-7-15-24)36-26-17-9-11-22(19-26)29-27(32)21-10-8-16-25(18-21)31(34)35/h2-20H,1H3,(H,29,32). The van der Waals surface area contributed by atoms with Crippen LogP contribution in [-0.2, 0) is 4.79 Å². The molecule has 0 saturated heterocycles. The van der Waals surface area contributed by atoms with E-state index in [1.165, 1.54) is 36.0 Å². The number of non-ortho nitro benzene ring substituents is 1. The molecule has 4 aromatic rings. The highest BCUT2D eigenvalue weighted by Gasteiger charge is 2.24. The van der Waals surface area contributed by atoms with Crippen LogP contribution in [0, 0.1) is 10.1 Å². The minimum absolute atomic E-state index is 0.0802. The number of amides is 2. The van der Waals surface area contributed by atoms with Crippen molar-refractivity contribution >= 4 is 46.3 Å². The van der Waals surface area contributed by atoms with Crippen LogP contribution in [0.3, 0.4) is 0 Å². The maximum Gasteiger partial charge on any atom is 0.270 e. The number of hydrogen-bond donors (Lipinski definition) is 1. The minimum atomic E-state index is -0.541. The molecule has 0 saturated carbocycles. The van der Waals surface area contributed by atoms with E-state index < -0.39 is 16.1 Å². The van der Waals surface area contributed by atoms with Crippen LogP contribution in [0.1, 0.15) is 17.3 Å². The van der Waals surface area contributed by atoms with E-state index in [2.05, 4.69) is 5.32 Å². The van der Waals surface area contributed by atoms with Gasteiger partial charge in [-0.05, 0) is 55.5 Å². The van der Waals surface area contributed by atoms with Crippen LogP contribution in [-0.4, -0.2) is 22.0 Å². The second-order valence-corrected chi connectivity index (χ2v) is 9.31. The van der Waals surface area contributed by atoms with E-state index in [0.717, 1.165) is 16.3 Å². The molecule has 0 heterocycles. The Kier molecular flexibility index (Phi) is 7.77. The predicted molar refractivity (Wildman–Crippen MR) is 143 cm³/mol. The first-order chi connectivity index (χ1) is 17.4. The van der Waals surface area contributed by atoms with Crippen molar-refractivity contribution in [3.05, 3.63) is 125 Å². The summed E-state index contributed by atoms with van der Waals surface area (Å²) in [5.74, 6) is -0.535. The smallest absolute Gasteiger partial charge is 0.270 e. The van der Waals surface area contributed by atoms with E-state index in [9.17, 15) is 19.7 Å². The first-order valence-electron chi connectivity index (χ1n) is 11.2. The van der Waals surface area contributed by atoms with Gasteiger partial charge < -0.3 is 5.32 Å². The lowest BCUT2D eigenvalue weighted by Crippen LogP contribution is -2.32. The lowest BCUT2D eigenvalue weighted by atomic mass is 10.2. The average molecular weight is 498 g/mol. The van der Waals surface area contributed by atoms with Crippen molar-refractivity contribution in [1.29, 1.82) is 0 Å². The molecule has 8 heteroatoms. The zero-order valence-corrected chi connectivity index (χ0v) is 20.2. The van der Waals surface area contributed by atoms with Gasteiger partial charge in [-0.15, -0.1) is 11.8 Å². The monoisotopic (exact) mass is 497 g/mol. The highest BCUT2D eigenvalue weighted by Crippen LogP contribution is 2.32. The van der Waals surface area contributed by atoms with E-state index in [-0.39, 0.29) is 17.2 Å². The SMILES string of the molecule is CC(Sc1cccc(NC(=O)c2cccc([N+](=O)[O-])c2)c1)C(=O)N(c1ccccc1)c1ccccc1. The highest BCUT2D eigenvalue weighted by atomic mass is 32.2. The Labute approximate surface area is 212 Å². The van der Waals surface area contributed by atoms with Crippen LogP contribution < -0.4 is 10.2 Å². The van der Waals surface area contributed by atoms with E-state index in [0.29, 0.717) is 5.69 Å². The van der Waals surface area contributed by atoms with E-state index in [4.69, 9.17) is 0 Å². The van der Waals surface area contributed by atoms with Crippen molar-refractivity contribution in [1.82, 2.24) is 0 Å². The predicted octanol–water partition coefficient (Wildman–Crippen LogP) is 6.69. The van der Waals surface area contributed by atoms with Crippen molar-refractivity contribution < 1.29 is 14.5 Å². The van der Waals surface area contributed by atoms with E-state index >= 15 is 0 Å². The molecular weight excluding hydrogens is 474 g/mol. The van der Waals surface area contributed by atoms with Crippen molar-refractivity contribution in [2.24, 2.45) is 0 Å². The van der Waals surface area contributed by atoms with Gasteiger partial charge >= 0.3 is 0 Å². The number of nitrogens with one attached hydrogen (secondary N) is 1. The zero-order valence-electron chi connectivity index (χ0n) is 19.4. The number of nitrogens with zero attached hydrogens (tertiary/aromatic N) is 2. The number of hydrogen-bond acceptors (Lipinski definition) is 5. The van der Waals surface area contributed by atoms with Gasteiger partial charge in [0.1, 0.15) is 0 Å². The first-order valence-corrected chi connectivity index (χ1v) is 12.1. The van der Waals surface area contributed by atoms with Gasteiger partial charge in [0, 0.05) is 39.7 Å². The Balaban J connectivity index is 1.50. The number of carbonyl (C=O) groups excluding carboxylic acids is 2.